The summed E-state index contributed by atoms with van der Waals surface area (Å²) < 4.78 is 26.7. The minimum Gasteiger partial charge on any atom is -0.506 e. The molecule has 1 atom stereocenters. The standard InChI is InChI=1S/C13H15N3O3S/c14-10-4-5-16(8-10)20(18,19)12-3-1-2-9-6-15-7-11(17)13(9)12/h1-3,6-7,10,17H,4-5,8,14H2/t10-/m1/s1. The Hall–Kier alpha value is -1.70. The van der Waals surface area contributed by atoms with Gasteiger partial charge < -0.3 is 10.8 Å². The molecule has 7 heteroatoms. The Balaban J connectivity index is 2.19. The Bertz CT molecular complexity index is 755. The second-order valence-corrected chi connectivity index (χ2v) is 6.83. The SMILES string of the molecule is N[C@@H]1CCN(S(=O)(=O)c2cccc3cncc(O)c23)C1. The average Bonchev–Trinajstić information content (AvgIpc) is 2.86. The summed E-state index contributed by atoms with van der Waals surface area (Å²) in [6.07, 6.45) is 3.43. The number of nitrogens with zero attached hydrogens (tertiary/aromatic N) is 2. The van der Waals surface area contributed by atoms with Crippen LogP contribution < -0.4 is 5.73 Å². The van der Waals surface area contributed by atoms with Crippen molar-refractivity contribution < 1.29 is 13.5 Å². The molecule has 0 amide bonds. The van der Waals surface area contributed by atoms with Crippen molar-refractivity contribution in [1.82, 2.24) is 9.29 Å². The molecular weight excluding hydrogens is 278 g/mol. The van der Waals surface area contributed by atoms with Crippen LogP contribution in [0.2, 0.25) is 0 Å². The van der Waals surface area contributed by atoms with Gasteiger partial charge in [0.05, 0.1) is 11.1 Å². The van der Waals surface area contributed by atoms with Crippen LogP contribution >= 0.6 is 0 Å². The zero-order valence-corrected chi connectivity index (χ0v) is 11.5. The summed E-state index contributed by atoms with van der Waals surface area (Å²) in [5.74, 6) is -0.134. The summed E-state index contributed by atoms with van der Waals surface area (Å²) in [5, 5.41) is 10.8. The van der Waals surface area contributed by atoms with Gasteiger partial charge in [0.1, 0.15) is 5.75 Å². The first-order valence-corrected chi connectivity index (χ1v) is 7.75. The molecule has 0 bridgehead atoms. The molecule has 2 aromatic rings. The largest absolute Gasteiger partial charge is 0.506 e. The van der Waals surface area contributed by atoms with Crippen LogP contribution in [-0.2, 0) is 10.0 Å². The van der Waals surface area contributed by atoms with Crippen LogP contribution in [0.15, 0.2) is 35.5 Å². The number of aromatic nitrogens is 1. The van der Waals surface area contributed by atoms with E-state index in [2.05, 4.69) is 4.98 Å². The molecule has 1 aromatic heterocycles. The Kier molecular flexibility index (Phi) is 3.12. The van der Waals surface area contributed by atoms with Crippen LogP contribution in [0, 0.1) is 0 Å². The lowest BCUT2D eigenvalue weighted by molar-refractivity contribution is 0.468. The van der Waals surface area contributed by atoms with E-state index >= 15 is 0 Å². The number of nitrogens with two attached hydrogens (primary N) is 1. The van der Waals surface area contributed by atoms with Crippen LogP contribution in [0.4, 0.5) is 0 Å². The number of aromatic hydroxyl groups is 1. The third-order valence-corrected chi connectivity index (χ3v) is 5.44. The monoisotopic (exact) mass is 293 g/mol. The molecule has 1 saturated heterocycles. The normalized spacial score (nSPS) is 20.6. The molecule has 1 aliphatic heterocycles. The smallest absolute Gasteiger partial charge is 0.243 e. The summed E-state index contributed by atoms with van der Waals surface area (Å²) >= 11 is 0. The fourth-order valence-electron chi connectivity index (χ4n) is 2.51. The van der Waals surface area contributed by atoms with Gasteiger partial charge >= 0.3 is 0 Å². The molecule has 1 aliphatic rings. The third kappa shape index (κ3) is 2.04. The molecule has 0 saturated carbocycles. The number of pyridine rings is 1. The summed E-state index contributed by atoms with van der Waals surface area (Å²) in [6.45, 7) is 0.719. The molecule has 0 aliphatic carbocycles. The predicted octanol–water partition coefficient (Wildman–Crippen LogP) is 0.662. The zero-order chi connectivity index (χ0) is 14.3. The van der Waals surface area contributed by atoms with E-state index in [1.54, 1.807) is 12.1 Å². The van der Waals surface area contributed by atoms with Gasteiger partial charge in [-0.1, -0.05) is 12.1 Å². The summed E-state index contributed by atoms with van der Waals surface area (Å²) in [6, 6.07) is 4.74. The Labute approximate surface area is 116 Å². The molecule has 1 aromatic carbocycles. The summed E-state index contributed by atoms with van der Waals surface area (Å²) in [5.41, 5.74) is 5.78. The molecule has 106 valence electrons. The van der Waals surface area contributed by atoms with Crippen molar-refractivity contribution in [1.29, 1.82) is 0 Å². The number of benzene rings is 1. The van der Waals surface area contributed by atoms with Crippen molar-refractivity contribution in [3.63, 3.8) is 0 Å². The van der Waals surface area contributed by atoms with E-state index in [0.29, 0.717) is 30.3 Å². The van der Waals surface area contributed by atoms with Crippen molar-refractivity contribution in [3.05, 3.63) is 30.6 Å². The number of hydrogen-bond donors (Lipinski definition) is 2. The first-order valence-electron chi connectivity index (χ1n) is 6.31. The minimum atomic E-state index is -3.66. The topological polar surface area (TPSA) is 96.5 Å². The molecule has 3 rings (SSSR count). The molecular formula is C13H15N3O3S. The second kappa shape index (κ2) is 4.69. The lowest BCUT2D eigenvalue weighted by Gasteiger charge is -2.17. The number of rotatable bonds is 2. The van der Waals surface area contributed by atoms with Gasteiger partial charge in [0, 0.05) is 36.1 Å². The van der Waals surface area contributed by atoms with Gasteiger partial charge in [0.2, 0.25) is 10.0 Å². The minimum absolute atomic E-state index is 0.101. The maximum Gasteiger partial charge on any atom is 0.243 e. The van der Waals surface area contributed by atoms with Crippen molar-refractivity contribution in [2.45, 2.75) is 17.4 Å². The van der Waals surface area contributed by atoms with Crippen LogP contribution in [0.5, 0.6) is 5.75 Å². The van der Waals surface area contributed by atoms with Crippen LogP contribution in [-0.4, -0.2) is 41.9 Å². The first-order chi connectivity index (χ1) is 9.50. The van der Waals surface area contributed by atoms with E-state index in [9.17, 15) is 13.5 Å². The van der Waals surface area contributed by atoms with Crippen molar-refractivity contribution in [2.75, 3.05) is 13.1 Å². The van der Waals surface area contributed by atoms with Crippen LogP contribution in [0.1, 0.15) is 6.42 Å². The number of hydrogen-bond acceptors (Lipinski definition) is 5. The highest BCUT2D eigenvalue weighted by molar-refractivity contribution is 7.89. The van der Waals surface area contributed by atoms with Crippen molar-refractivity contribution in [3.8, 4) is 5.75 Å². The quantitative estimate of drug-likeness (QED) is 0.848. The Morgan fingerprint density at radius 3 is 2.85 bits per heavy atom. The van der Waals surface area contributed by atoms with E-state index in [-0.39, 0.29) is 16.7 Å². The van der Waals surface area contributed by atoms with Crippen LogP contribution in [0.3, 0.4) is 0 Å². The van der Waals surface area contributed by atoms with Gasteiger partial charge in [0.15, 0.2) is 0 Å². The van der Waals surface area contributed by atoms with E-state index in [1.807, 2.05) is 0 Å². The lowest BCUT2D eigenvalue weighted by Crippen LogP contribution is -2.32. The highest BCUT2D eigenvalue weighted by Crippen LogP contribution is 2.32. The molecule has 0 unspecified atom stereocenters. The second-order valence-electron chi connectivity index (χ2n) is 4.92. The lowest BCUT2D eigenvalue weighted by atomic mass is 10.2. The number of fused-ring (bicyclic) bond motifs is 1. The van der Waals surface area contributed by atoms with E-state index < -0.39 is 10.0 Å². The van der Waals surface area contributed by atoms with E-state index in [1.165, 1.54) is 22.8 Å². The van der Waals surface area contributed by atoms with Gasteiger partial charge in [-0.3, -0.25) is 4.98 Å². The predicted molar refractivity (Wildman–Crippen MR) is 74.8 cm³/mol. The van der Waals surface area contributed by atoms with Gasteiger partial charge in [-0.15, -0.1) is 0 Å². The van der Waals surface area contributed by atoms with Crippen molar-refractivity contribution >= 4 is 20.8 Å². The third-order valence-electron chi connectivity index (χ3n) is 3.53. The van der Waals surface area contributed by atoms with Gasteiger partial charge in [0.25, 0.3) is 0 Å². The highest BCUT2D eigenvalue weighted by atomic mass is 32.2. The Morgan fingerprint density at radius 2 is 2.15 bits per heavy atom. The average molecular weight is 293 g/mol. The molecule has 0 spiro atoms. The maximum atomic E-state index is 12.7. The maximum absolute atomic E-state index is 12.7. The van der Waals surface area contributed by atoms with Gasteiger partial charge in [-0.2, -0.15) is 4.31 Å². The molecule has 20 heavy (non-hydrogen) atoms. The molecule has 2 heterocycles. The molecule has 1 fully saturated rings. The zero-order valence-electron chi connectivity index (χ0n) is 10.7. The van der Waals surface area contributed by atoms with Gasteiger partial charge in [-0.25, -0.2) is 8.42 Å². The van der Waals surface area contributed by atoms with Gasteiger partial charge in [-0.05, 0) is 12.5 Å². The Morgan fingerprint density at radius 1 is 1.35 bits per heavy atom. The fraction of sp³-hybridized carbons (Fsp3) is 0.308. The number of sulfonamides is 1. The first kappa shape index (κ1) is 13.3. The van der Waals surface area contributed by atoms with Crippen LogP contribution in [0.25, 0.3) is 10.8 Å². The molecule has 3 N–H and O–H groups in total. The fourth-order valence-corrected chi connectivity index (χ4v) is 4.25. The highest BCUT2D eigenvalue weighted by Gasteiger charge is 2.32. The molecule has 6 nitrogen and oxygen atoms in total. The molecule has 0 radical (unpaired) electrons. The summed E-state index contributed by atoms with van der Waals surface area (Å²) in [7, 11) is -3.66. The van der Waals surface area contributed by atoms with E-state index in [0.717, 1.165) is 0 Å². The summed E-state index contributed by atoms with van der Waals surface area (Å²) in [4.78, 5) is 3.97. The van der Waals surface area contributed by atoms with E-state index in [4.69, 9.17) is 5.73 Å². The van der Waals surface area contributed by atoms with Crippen molar-refractivity contribution in [2.24, 2.45) is 5.73 Å².